The van der Waals surface area contributed by atoms with E-state index in [4.69, 9.17) is 8.94 Å². The smallest absolute Gasteiger partial charge is 0.314 e. The standard InChI is InChI=1S/C13H15N3O5/c1-7-3-4-10(20-7)9(17)6-14-12(18)13(19)15-11-5-8(2)21-16-11/h3-5,9,17H,6H2,1-2H3,(H,14,18)(H,15,16,19). The number of amides is 2. The predicted molar refractivity (Wildman–Crippen MR) is 71.3 cm³/mol. The zero-order chi connectivity index (χ0) is 15.4. The highest BCUT2D eigenvalue weighted by molar-refractivity contribution is 6.39. The van der Waals surface area contributed by atoms with Crippen LogP contribution < -0.4 is 10.6 Å². The van der Waals surface area contributed by atoms with E-state index in [1.54, 1.807) is 26.0 Å². The number of hydrogen-bond acceptors (Lipinski definition) is 6. The molecule has 0 radical (unpaired) electrons. The first kappa shape index (κ1) is 14.8. The fourth-order valence-electron chi connectivity index (χ4n) is 1.60. The van der Waals surface area contributed by atoms with Crippen molar-refractivity contribution in [1.82, 2.24) is 10.5 Å². The molecule has 0 saturated carbocycles. The highest BCUT2D eigenvalue weighted by Crippen LogP contribution is 2.15. The van der Waals surface area contributed by atoms with Gasteiger partial charge in [0.2, 0.25) is 0 Å². The van der Waals surface area contributed by atoms with E-state index in [2.05, 4.69) is 15.8 Å². The van der Waals surface area contributed by atoms with Gasteiger partial charge >= 0.3 is 11.8 Å². The van der Waals surface area contributed by atoms with E-state index in [-0.39, 0.29) is 12.4 Å². The monoisotopic (exact) mass is 293 g/mol. The van der Waals surface area contributed by atoms with Gasteiger partial charge in [0.25, 0.3) is 0 Å². The van der Waals surface area contributed by atoms with Gasteiger partial charge < -0.3 is 19.4 Å². The minimum Gasteiger partial charge on any atom is -0.464 e. The first-order valence-corrected chi connectivity index (χ1v) is 6.22. The van der Waals surface area contributed by atoms with Crippen LogP contribution in [0.3, 0.4) is 0 Å². The largest absolute Gasteiger partial charge is 0.464 e. The molecule has 8 heteroatoms. The maximum atomic E-state index is 11.6. The number of nitrogens with zero attached hydrogens (tertiary/aromatic N) is 1. The third-order valence-electron chi connectivity index (χ3n) is 2.62. The summed E-state index contributed by atoms with van der Waals surface area (Å²) in [6.45, 7) is 3.25. The molecule has 0 aliphatic rings. The van der Waals surface area contributed by atoms with Crippen LogP contribution in [0, 0.1) is 13.8 Å². The molecule has 1 atom stereocenters. The average Bonchev–Trinajstić information content (AvgIpc) is 3.04. The average molecular weight is 293 g/mol. The lowest BCUT2D eigenvalue weighted by Gasteiger charge is -2.09. The molecule has 21 heavy (non-hydrogen) atoms. The van der Waals surface area contributed by atoms with Gasteiger partial charge in [-0.25, -0.2) is 0 Å². The number of anilines is 1. The Bertz CT molecular complexity index is 646. The van der Waals surface area contributed by atoms with E-state index in [9.17, 15) is 14.7 Å². The molecule has 0 aromatic carbocycles. The fraction of sp³-hybridized carbons (Fsp3) is 0.308. The predicted octanol–water partition coefficient (Wildman–Crippen LogP) is 0.673. The highest BCUT2D eigenvalue weighted by atomic mass is 16.5. The maximum Gasteiger partial charge on any atom is 0.314 e. The van der Waals surface area contributed by atoms with Gasteiger partial charge in [-0.1, -0.05) is 5.16 Å². The van der Waals surface area contributed by atoms with E-state index in [1.807, 2.05) is 0 Å². The van der Waals surface area contributed by atoms with Crippen molar-refractivity contribution in [1.29, 1.82) is 0 Å². The van der Waals surface area contributed by atoms with E-state index in [1.165, 1.54) is 6.07 Å². The van der Waals surface area contributed by atoms with E-state index >= 15 is 0 Å². The molecule has 3 N–H and O–H groups in total. The lowest BCUT2D eigenvalue weighted by atomic mass is 10.2. The van der Waals surface area contributed by atoms with E-state index in [0.717, 1.165) is 0 Å². The molecule has 2 rings (SSSR count). The van der Waals surface area contributed by atoms with Crippen LogP contribution >= 0.6 is 0 Å². The zero-order valence-corrected chi connectivity index (χ0v) is 11.5. The fourth-order valence-corrected chi connectivity index (χ4v) is 1.60. The van der Waals surface area contributed by atoms with E-state index < -0.39 is 17.9 Å². The molecule has 2 aromatic heterocycles. The number of carbonyl (C=O) groups is 2. The number of aryl methyl sites for hydroxylation is 2. The molecule has 0 saturated heterocycles. The first-order valence-electron chi connectivity index (χ1n) is 6.22. The highest BCUT2D eigenvalue weighted by Gasteiger charge is 2.18. The summed E-state index contributed by atoms with van der Waals surface area (Å²) in [6, 6.07) is 4.77. The molecule has 0 fully saturated rings. The second-order valence-electron chi connectivity index (χ2n) is 4.45. The summed E-state index contributed by atoms with van der Waals surface area (Å²) in [7, 11) is 0. The van der Waals surface area contributed by atoms with Gasteiger partial charge in [0.05, 0.1) is 6.54 Å². The number of aromatic nitrogens is 1. The summed E-state index contributed by atoms with van der Waals surface area (Å²) >= 11 is 0. The number of hydrogen-bond donors (Lipinski definition) is 3. The second kappa shape index (κ2) is 6.23. The second-order valence-corrected chi connectivity index (χ2v) is 4.45. The molecule has 2 aromatic rings. The van der Waals surface area contributed by atoms with Crippen LogP contribution in [-0.4, -0.2) is 28.6 Å². The van der Waals surface area contributed by atoms with Crippen LogP contribution in [0.4, 0.5) is 5.82 Å². The van der Waals surface area contributed by atoms with Crippen LogP contribution in [0.1, 0.15) is 23.4 Å². The van der Waals surface area contributed by atoms with Gasteiger partial charge in [-0.15, -0.1) is 0 Å². The van der Waals surface area contributed by atoms with Crippen LogP contribution in [0.15, 0.2) is 27.1 Å². The Hall–Kier alpha value is -2.61. The number of aliphatic hydroxyl groups is 1. The van der Waals surface area contributed by atoms with Gasteiger partial charge in [-0.3, -0.25) is 14.9 Å². The van der Waals surface area contributed by atoms with Crippen molar-refractivity contribution < 1.29 is 23.6 Å². The zero-order valence-electron chi connectivity index (χ0n) is 11.5. The summed E-state index contributed by atoms with van der Waals surface area (Å²) in [5, 5.41) is 17.9. The third kappa shape index (κ3) is 3.93. The number of furan rings is 1. The van der Waals surface area contributed by atoms with Crippen molar-refractivity contribution in [2.45, 2.75) is 20.0 Å². The molecule has 0 spiro atoms. The Morgan fingerprint density at radius 2 is 2.05 bits per heavy atom. The van der Waals surface area contributed by atoms with Crippen LogP contribution in [0.25, 0.3) is 0 Å². The molecule has 2 heterocycles. The minimum atomic E-state index is -1.02. The quantitative estimate of drug-likeness (QED) is 0.713. The van der Waals surface area contributed by atoms with Crippen LogP contribution in [0.2, 0.25) is 0 Å². The Balaban J connectivity index is 1.82. The Labute approximate surface area is 120 Å². The van der Waals surface area contributed by atoms with Crippen molar-refractivity contribution in [3.05, 3.63) is 35.5 Å². The molecule has 112 valence electrons. The minimum absolute atomic E-state index is 0.142. The lowest BCUT2D eigenvalue weighted by Crippen LogP contribution is -2.37. The number of rotatable bonds is 4. The summed E-state index contributed by atoms with van der Waals surface area (Å²) in [6.07, 6.45) is -1.02. The SMILES string of the molecule is Cc1cc(NC(=O)C(=O)NCC(O)c2ccc(C)o2)no1. The number of aliphatic hydroxyl groups excluding tert-OH is 1. The van der Waals surface area contributed by atoms with Gasteiger partial charge in [-0.05, 0) is 26.0 Å². The Morgan fingerprint density at radius 1 is 1.29 bits per heavy atom. The normalized spacial score (nSPS) is 12.0. The molecule has 8 nitrogen and oxygen atoms in total. The van der Waals surface area contributed by atoms with Gasteiger partial charge in [0, 0.05) is 6.07 Å². The number of nitrogens with one attached hydrogen (secondary N) is 2. The van der Waals surface area contributed by atoms with Gasteiger partial charge in [0.15, 0.2) is 5.82 Å². The summed E-state index contributed by atoms with van der Waals surface area (Å²) < 4.78 is 9.97. The van der Waals surface area contributed by atoms with Gasteiger partial charge in [0.1, 0.15) is 23.4 Å². The summed E-state index contributed by atoms with van der Waals surface area (Å²) in [5.41, 5.74) is 0. The molecule has 0 aliphatic heterocycles. The topological polar surface area (TPSA) is 118 Å². The maximum absolute atomic E-state index is 11.6. The van der Waals surface area contributed by atoms with Crippen LogP contribution in [0.5, 0.6) is 0 Å². The van der Waals surface area contributed by atoms with Crippen molar-refractivity contribution >= 4 is 17.6 Å². The number of carbonyl (C=O) groups excluding carboxylic acids is 2. The molecular formula is C13H15N3O5. The molecule has 0 bridgehead atoms. The van der Waals surface area contributed by atoms with Gasteiger partial charge in [-0.2, -0.15) is 0 Å². The molecule has 2 amide bonds. The Morgan fingerprint density at radius 3 is 2.62 bits per heavy atom. The molecular weight excluding hydrogens is 278 g/mol. The first-order chi connectivity index (χ1) is 9.95. The Kier molecular flexibility index (Phi) is 4.39. The van der Waals surface area contributed by atoms with Crippen molar-refractivity contribution in [3.63, 3.8) is 0 Å². The van der Waals surface area contributed by atoms with Crippen molar-refractivity contribution in [2.24, 2.45) is 0 Å². The summed E-state index contributed by atoms with van der Waals surface area (Å²) in [4.78, 5) is 23.1. The lowest BCUT2D eigenvalue weighted by molar-refractivity contribution is -0.136. The molecule has 1 unspecified atom stereocenters. The summed E-state index contributed by atoms with van der Waals surface area (Å²) in [5.74, 6) is -0.164. The van der Waals surface area contributed by atoms with Crippen molar-refractivity contribution in [2.75, 3.05) is 11.9 Å². The van der Waals surface area contributed by atoms with Crippen LogP contribution in [-0.2, 0) is 9.59 Å². The van der Waals surface area contributed by atoms with E-state index in [0.29, 0.717) is 17.3 Å². The van der Waals surface area contributed by atoms with Crippen molar-refractivity contribution in [3.8, 4) is 0 Å². The molecule has 0 aliphatic carbocycles. The third-order valence-corrected chi connectivity index (χ3v) is 2.62.